The number of hydrogen-bond acceptors (Lipinski definition) is 3. The topological polar surface area (TPSA) is 41.6 Å². The van der Waals surface area contributed by atoms with Gasteiger partial charge in [0.1, 0.15) is 5.60 Å². The highest BCUT2D eigenvalue weighted by atomic mass is 16.6. The van der Waals surface area contributed by atoms with Crippen molar-refractivity contribution in [3.8, 4) is 0 Å². The predicted octanol–water partition coefficient (Wildman–Crippen LogP) is 2.67. The molecule has 0 aromatic carbocycles. The molecule has 3 fully saturated rings. The van der Waals surface area contributed by atoms with Gasteiger partial charge in [-0.25, -0.2) is 15.2 Å². The number of hydrazine groups is 1. The van der Waals surface area contributed by atoms with Crippen molar-refractivity contribution in [1.82, 2.24) is 10.4 Å². The number of carbonyl (C=O) groups excluding carboxylic acids is 1. The fourth-order valence-electron chi connectivity index (χ4n) is 4.63. The Kier molecular flexibility index (Phi) is 2.49. The highest BCUT2D eigenvalue weighted by molar-refractivity contribution is 5.69. The Labute approximate surface area is 108 Å². The highest BCUT2D eigenvalue weighted by Crippen LogP contribution is 2.76. The van der Waals surface area contributed by atoms with Crippen LogP contribution in [0.4, 0.5) is 4.79 Å². The number of carbonyl (C=O) groups is 1. The summed E-state index contributed by atoms with van der Waals surface area (Å²) in [6.45, 7) is 5.93. The zero-order chi connectivity index (χ0) is 13.0. The normalized spacial score (nSPS) is 44.1. The molecule has 4 nitrogen and oxygen atoms in total. The average molecular weight is 250 g/mol. The molecule has 18 heavy (non-hydrogen) atoms. The summed E-state index contributed by atoms with van der Waals surface area (Å²) in [4.78, 5) is 12.0. The zero-order valence-electron chi connectivity index (χ0n) is 11.2. The van der Waals surface area contributed by atoms with E-state index in [2.05, 4.69) is 18.9 Å². The SMILES string of the molecule is C=CN(NC)C(=O)OC12CC3C[C@@H](C)CC1(C3)C2. The number of rotatable bonds is 3. The van der Waals surface area contributed by atoms with E-state index in [0.29, 0.717) is 5.41 Å². The smallest absolute Gasteiger partial charge is 0.429 e. The molecule has 3 saturated carbocycles. The Balaban J connectivity index is 1.72. The number of ether oxygens (including phenoxy) is 1. The van der Waals surface area contributed by atoms with Crippen molar-refractivity contribution < 1.29 is 9.53 Å². The number of nitrogens with zero attached hydrogens (tertiary/aromatic N) is 1. The first-order chi connectivity index (χ1) is 8.54. The fraction of sp³-hybridized carbons (Fsp3) is 0.786. The van der Waals surface area contributed by atoms with Gasteiger partial charge in [0.15, 0.2) is 0 Å². The Hall–Kier alpha value is -1.03. The van der Waals surface area contributed by atoms with Crippen LogP contribution in [0, 0.1) is 17.3 Å². The van der Waals surface area contributed by atoms with Crippen LogP contribution in [0.2, 0.25) is 0 Å². The van der Waals surface area contributed by atoms with Crippen LogP contribution in [0.1, 0.15) is 39.0 Å². The lowest BCUT2D eigenvalue weighted by Gasteiger charge is -2.27. The molecular formula is C14H22N2O2. The molecule has 0 aromatic heterocycles. The number of fused-ring (bicyclic) bond motifs is 1. The molecule has 1 amide bonds. The van der Waals surface area contributed by atoms with E-state index < -0.39 is 0 Å². The summed E-state index contributed by atoms with van der Waals surface area (Å²) in [5.74, 6) is 1.55. The summed E-state index contributed by atoms with van der Waals surface area (Å²) >= 11 is 0. The van der Waals surface area contributed by atoms with Crippen molar-refractivity contribution in [2.24, 2.45) is 17.3 Å². The fourth-order valence-corrected chi connectivity index (χ4v) is 4.63. The Bertz CT molecular complexity index is 397. The van der Waals surface area contributed by atoms with E-state index in [9.17, 15) is 4.79 Å². The largest absolute Gasteiger partial charge is 0.441 e. The molecule has 1 N–H and O–H groups in total. The first kappa shape index (κ1) is 12.0. The summed E-state index contributed by atoms with van der Waals surface area (Å²) in [5.41, 5.74) is 2.92. The molecule has 3 aliphatic rings. The summed E-state index contributed by atoms with van der Waals surface area (Å²) in [5, 5.41) is 1.31. The molecule has 2 bridgehead atoms. The lowest BCUT2D eigenvalue weighted by atomic mass is 9.77. The first-order valence-corrected chi connectivity index (χ1v) is 6.86. The molecule has 0 radical (unpaired) electrons. The van der Waals surface area contributed by atoms with Gasteiger partial charge in [0.2, 0.25) is 0 Å². The molecule has 0 aromatic rings. The van der Waals surface area contributed by atoms with Gasteiger partial charge in [-0.2, -0.15) is 0 Å². The molecular weight excluding hydrogens is 228 g/mol. The molecule has 3 unspecified atom stereocenters. The van der Waals surface area contributed by atoms with Gasteiger partial charge in [-0.3, -0.25) is 0 Å². The van der Waals surface area contributed by atoms with Gasteiger partial charge in [-0.15, -0.1) is 0 Å². The third-order valence-electron chi connectivity index (χ3n) is 5.14. The van der Waals surface area contributed by atoms with Crippen LogP contribution in [0.25, 0.3) is 0 Å². The zero-order valence-corrected chi connectivity index (χ0v) is 11.2. The van der Waals surface area contributed by atoms with Crippen LogP contribution in [-0.4, -0.2) is 23.8 Å². The van der Waals surface area contributed by atoms with E-state index in [1.165, 1.54) is 30.5 Å². The minimum atomic E-state index is -0.315. The van der Waals surface area contributed by atoms with E-state index in [4.69, 9.17) is 4.74 Å². The van der Waals surface area contributed by atoms with Crippen molar-refractivity contribution in [2.45, 2.75) is 44.6 Å². The molecule has 3 rings (SSSR count). The molecule has 0 saturated heterocycles. The van der Waals surface area contributed by atoms with Gasteiger partial charge in [-0.1, -0.05) is 13.5 Å². The third-order valence-corrected chi connectivity index (χ3v) is 5.14. The maximum Gasteiger partial charge on any atom is 0.429 e. The van der Waals surface area contributed by atoms with E-state index in [1.54, 1.807) is 7.05 Å². The molecule has 100 valence electrons. The van der Waals surface area contributed by atoms with Gasteiger partial charge in [0.25, 0.3) is 0 Å². The Morgan fingerprint density at radius 1 is 1.50 bits per heavy atom. The van der Waals surface area contributed by atoms with Gasteiger partial charge in [-0.05, 0) is 43.9 Å². The predicted molar refractivity (Wildman–Crippen MR) is 68.5 cm³/mol. The van der Waals surface area contributed by atoms with Gasteiger partial charge in [0, 0.05) is 18.7 Å². The summed E-state index contributed by atoms with van der Waals surface area (Å²) in [6, 6.07) is 0. The second-order valence-corrected chi connectivity index (χ2v) is 6.41. The van der Waals surface area contributed by atoms with Gasteiger partial charge in [0.05, 0.1) is 0 Å². The molecule has 0 heterocycles. The molecule has 4 atom stereocenters. The first-order valence-electron chi connectivity index (χ1n) is 6.86. The van der Waals surface area contributed by atoms with E-state index in [1.807, 2.05) is 0 Å². The summed E-state index contributed by atoms with van der Waals surface area (Å²) < 4.78 is 5.82. The quantitative estimate of drug-likeness (QED) is 0.783. The van der Waals surface area contributed by atoms with Crippen LogP contribution in [-0.2, 0) is 4.74 Å². The van der Waals surface area contributed by atoms with Crippen molar-refractivity contribution in [2.75, 3.05) is 7.05 Å². The molecule has 0 aliphatic heterocycles. The van der Waals surface area contributed by atoms with E-state index in [-0.39, 0.29) is 11.7 Å². The van der Waals surface area contributed by atoms with Crippen LogP contribution in [0.15, 0.2) is 12.8 Å². The maximum atomic E-state index is 12.0. The molecule has 1 spiro atoms. The van der Waals surface area contributed by atoms with Gasteiger partial charge < -0.3 is 4.74 Å². The number of amides is 1. The second kappa shape index (κ2) is 3.73. The highest BCUT2D eigenvalue weighted by Gasteiger charge is 2.76. The standard InChI is InChI=1S/C14H22N2O2/c1-4-16(15-3)12(17)18-14-8-11-5-10(2)6-13(14,7-11)9-14/h4,10-11,15H,1,5-9H2,2-3H3/t10-,11?,13?,14?/m1/s1. The van der Waals surface area contributed by atoms with Crippen LogP contribution < -0.4 is 5.43 Å². The van der Waals surface area contributed by atoms with Crippen molar-refractivity contribution in [1.29, 1.82) is 0 Å². The van der Waals surface area contributed by atoms with Crippen molar-refractivity contribution in [3.63, 3.8) is 0 Å². The van der Waals surface area contributed by atoms with Crippen LogP contribution >= 0.6 is 0 Å². The van der Waals surface area contributed by atoms with Crippen molar-refractivity contribution in [3.05, 3.63) is 12.8 Å². The number of nitrogens with one attached hydrogen (secondary N) is 1. The van der Waals surface area contributed by atoms with Crippen molar-refractivity contribution >= 4 is 6.09 Å². The minimum absolute atomic E-state index is 0.155. The maximum absolute atomic E-state index is 12.0. The second-order valence-electron chi connectivity index (χ2n) is 6.41. The van der Waals surface area contributed by atoms with E-state index >= 15 is 0 Å². The minimum Gasteiger partial charge on any atom is -0.441 e. The average Bonchev–Trinajstić information content (AvgIpc) is 2.75. The number of hydrogen-bond donors (Lipinski definition) is 1. The molecule has 4 heteroatoms. The van der Waals surface area contributed by atoms with Crippen LogP contribution in [0.5, 0.6) is 0 Å². The summed E-state index contributed by atoms with van der Waals surface area (Å²) in [6.07, 6.45) is 7.07. The van der Waals surface area contributed by atoms with Crippen LogP contribution in [0.3, 0.4) is 0 Å². The monoisotopic (exact) mass is 250 g/mol. The Morgan fingerprint density at radius 2 is 2.28 bits per heavy atom. The molecule has 3 aliphatic carbocycles. The lowest BCUT2D eigenvalue weighted by molar-refractivity contribution is 0.0355. The Morgan fingerprint density at radius 3 is 2.94 bits per heavy atom. The van der Waals surface area contributed by atoms with E-state index in [0.717, 1.165) is 24.7 Å². The van der Waals surface area contributed by atoms with Gasteiger partial charge >= 0.3 is 6.09 Å². The third kappa shape index (κ3) is 1.51. The lowest BCUT2D eigenvalue weighted by Crippen LogP contribution is -2.39. The summed E-state index contributed by atoms with van der Waals surface area (Å²) in [7, 11) is 1.69.